The molecule has 0 spiro atoms. The van der Waals surface area contributed by atoms with E-state index in [9.17, 15) is 13.2 Å². The first-order chi connectivity index (χ1) is 10.5. The van der Waals surface area contributed by atoms with E-state index in [0.29, 0.717) is 24.4 Å². The predicted molar refractivity (Wildman–Crippen MR) is 85.2 cm³/mol. The van der Waals surface area contributed by atoms with Crippen molar-refractivity contribution in [1.82, 2.24) is 4.31 Å². The van der Waals surface area contributed by atoms with E-state index >= 15 is 0 Å². The van der Waals surface area contributed by atoms with Gasteiger partial charge in [0.05, 0.1) is 4.90 Å². The number of rotatable bonds is 3. The summed E-state index contributed by atoms with van der Waals surface area (Å²) < 4.78 is 27.1. The molecule has 1 aromatic carbocycles. The topological polar surface area (TPSA) is 57.7 Å². The molecule has 2 saturated heterocycles. The van der Waals surface area contributed by atoms with Crippen LogP contribution in [0.3, 0.4) is 0 Å². The molecule has 2 heterocycles. The van der Waals surface area contributed by atoms with Crippen LogP contribution in [0.4, 0.5) is 5.69 Å². The number of anilines is 1. The second kappa shape index (κ2) is 6.01. The maximum Gasteiger partial charge on any atom is 0.243 e. The average Bonchev–Trinajstić information content (AvgIpc) is 2.94. The van der Waals surface area contributed by atoms with E-state index in [1.807, 2.05) is 6.92 Å². The highest BCUT2D eigenvalue weighted by molar-refractivity contribution is 7.89. The summed E-state index contributed by atoms with van der Waals surface area (Å²) in [6.07, 6.45) is 4.36. The molecule has 1 amide bonds. The third-order valence-electron chi connectivity index (χ3n) is 4.57. The number of hydrogen-bond donors (Lipinski definition) is 0. The van der Waals surface area contributed by atoms with E-state index in [0.717, 1.165) is 31.4 Å². The molecule has 1 atom stereocenters. The van der Waals surface area contributed by atoms with Crippen molar-refractivity contribution >= 4 is 21.6 Å². The van der Waals surface area contributed by atoms with Crippen LogP contribution in [0.1, 0.15) is 39.0 Å². The Morgan fingerprint density at radius 3 is 2.36 bits per heavy atom. The minimum absolute atomic E-state index is 0.0542. The predicted octanol–water partition coefficient (Wildman–Crippen LogP) is 2.38. The molecule has 5 nitrogen and oxygen atoms in total. The highest BCUT2D eigenvalue weighted by Crippen LogP contribution is 2.27. The first-order valence-electron chi connectivity index (χ1n) is 7.92. The molecule has 0 radical (unpaired) electrons. The fourth-order valence-electron chi connectivity index (χ4n) is 3.28. The van der Waals surface area contributed by atoms with Crippen molar-refractivity contribution in [3.63, 3.8) is 0 Å². The van der Waals surface area contributed by atoms with Gasteiger partial charge in [-0.2, -0.15) is 4.31 Å². The third kappa shape index (κ3) is 2.77. The van der Waals surface area contributed by atoms with Crippen LogP contribution in [0.25, 0.3) is 0 Å². The summed E-state index contributed by atoms with van der Waals surface area (Å²) in [5, 5.41) is 0. The van der Waals surface area contributed by atoms with Gasteiger partial charge in [0.25, 0.3) is 0 Å². The van der Waals surface area contributed by atoms with Crippen molar-refractivity contribution in [2.24, 2.45) is 0 Å². The summed E-state index contributed by atoms with van der Waals surface area (Å²) in [4.78, 5) is 13.8. The molecule has 2 aliphatic rings. The number of benzene rings is 1. The van der Waals surface area contributed by atoms with E-state index in [1.54, 1.807) is 33.5 Å². The van der Waals surface area contributed by atoms with Crippen LogP contribution < -0.4 is 4.90 Å². The molecule has 0 aliphatic carbocycles. The zero-order valence-corrected chi connectivity index (χ0v) is 13.7. The van der Waals surface area contributed by atoms with Crippen molar-refractivity contribution in [3.05, 3.63) is 24.3 Å². The van der Waals surface area contributed by atoms with Crippen molar-refractivity contribution in [2.75, 3.05) is 18.0 Å². The molecule has 1 aromatic rings. The summed E-state index contributed by atoms with van der Waals surface area (Å²) in [5.74, 6) is 0.111. The molecule has 3 rings (SSSR count). The standard InChI is InChI=1S/C16H22N2O3S/c1-13-5-2-3-12-18(13)22(20,21)15-9-7-14(8-10-15)17-11-4-6-16(17)19/h7-10,13H,2-6,11-12H2,1H3/t13-/m0/s1. The summed E-state index contributed by atoms with van der Waals surface area (Å²) in [6, 6.07) is 6.78. The lowest BCUT2D eigenvalue weighted by Gasteiger charge is -2.32. The molecule has 0 bridgehead atoms. The van der Waals surface area contributed by atoms with Gasteiger partial charge in [-0.1, -0.05) is 6.42 Å². The Bertz CT molecular complexity index is 654. The lowest BCUT2D eigenvalue weighted by molar-refractivity contribution is -0.117. The normalized spacial score (nSPS) is 24.0. The number of amides is 1. The molecule has 2 fully saturated rings. The van der Waals surface area contributed by atoms with Crippen molar-refractivity contribution < 1.29 is 13.2 Å². The van der Waals surface area contributed by atoms with Gasteiger partial charge in [-0.05, 0) is 50.5 Å². The Morgan fingerprint density at radius 1 is 1.05 bits per heavy atom. The van der Waals surface area contributed by atoms with Gasteiger partial charge >= 0.3 is 0 Å². The maximum atomic E-state index is 12.7. The molecular formula is C16H22N2O3S. The minimum atomic E-state index is -3.44. The third-order valence-corrected chi connectivity index (χ3v) is 6.60. The molecular weight excluding hydrogens is 300 g/mol. The number of carbonyl (C=O) groups is 1. The minimum Gasteiger partial charge on any atom is -0.312 e. The van der Waals surface area contributed by atoms with Crippen LogP contribution in [0.5, 0.6) is 0 Å². The summed E-state index contributed by atoms with van der Waals surface area (Å²) in [6.45, 7) is 3.28. The van der Waals surface area contributed by atoms with E-state index in [2.05, 4.69) is 0 Å². The maximum absolute atomic E-state index is 12.7. The van der Waals surface area contributed by atoms with Gasteiger partial charge in [-0.15, -0.1) is 0 Å². The highest BCUT2D eigenvalue weighted by atomic mass is 32.2. The molecule has 0 unspecified atom stereocenters. The average molecular weight is 322 g/mol. The van der Waals surface area contributed by atoms with Gasteiger partial charge < -0.3 is 4.90 Å². The fraction of sp³-hybridized carbons (Fsp3) is 0.562. The molecule has 0 aromatic heterocycles. The van der Waals surface area contributed by atoms with Crippen molar-refractivity contribution in [1.29, 1.82) is 0 Å². The Kier molecular flexibility index (Phi) is 4.23. The van der Waals surface area contributed by atoms with Crippen LogP contribution in [0, 0.1) is 0 Å². The second-order valence-electron chi connectivity index (χ2n) is 6.10. The Morgan fingerprint density at radius 2 is 1.77 bits per heavy atom. The van der Waals surface area contributed by atoms with Crippen LogP contribution in [-0.2, 0) is 14.8 Å². The smallest absolute Gasteiger partial charge is 0.243 e. The Balaban J connectivity index is 1.84. The van der Waals surface area contributed by atoms with E-state index in [-0.39, 0.29) is 11.9 Å². The van der Waals surface area contributed by atoms with Gasteiger partial charge in [0.1, 0.15) is 0 Å². The number of sulfonamides is 1. The largest absolute Gasteiger partial charge is 0.312 e. The summed E-state index contributed by atoms with van der Waals surface area (Å²) in [7, 11) is -3.44. The van der Waals surface area contributed by atoms with Crippen LogP contribution in [0.2, 0.25) is 0 Å². The number of nitrogens with zero attached hydrogens (tertiary/aromatic N) is 2. The Labute approximate surface area is 132 Å². The van der Waals surface area contributed by atoms with Gasteiger partial charge in [0.15, 0.2) is 0 Å². The van der Waals surface area contributed by atoms with Crippen LogP contribution in [-0.4, -0.2) is 37.8 Å². The van der Waals surface area contributed by atoms with E-state index < -0.39 is 10.0 Å². The highest BCUT2D eigenvalue weighted by Gasteiger charge is 2.31. The van der Waals surface area contributed by atoms with Gasteiger partial charge in [0.2, 0.25) is 15.9 Å². The van der Waals surface area contributed by atoms with Crippen LogP contribution >= 0.6 is 0 Å². The first kappa shape index (κ1) is 15.5. The zero-order valence-electron chi connectivity index (χ0n) is 12.9. The number of hydrogen-bond acceptors (Lipinski definition) is 3. The van der Waals surface area contributed by atoms with E-state index in [4.69, 9.17) is 0 Å². The monoisotopic (exact) mass is 322 g/mol. The van der Waals surface area contributed by atoms with Gasteiger partial charge in [0, 0.05) is 31.2 Å². The van der Waals surface area contributed by atoms with Crippen molar-refractivity contribution in [3.8, 4) is 0 Å². The SMILES string of the molecule is C[C@H]1CCCCN1S(=O)(=O)c1ccc(N2CCCC2=O)cc1. The van der Waals surface area contributed by atoms with E-state index in [1.165, 1.54) is 0 Å². The van der Waals surface area contributed by atoms with Crippen LogP contribution in [0.15, 0.2) is 29.2 Å². The zero-order chi connectivity index (χ0) is 15.7. The molecule has 120 valence electrons. The first-order valence-corrected chi connectivity index (χ1v) is 9.36. The fourth-order valence-corrected chi connectivity index (χ4v) is 4.98. The Hall–Kier alpha value is -1.40. The number of carbonyl (C=O) groups excluding carboxylic acids is 1. The molecule has 2 aliphatic heterocycles. The lowest BCUT2D eigenvalue weighted by Crippen LogP contribution is -2.41. The number of piperidine rings is 1. The second-order valence-corrected chi connectivity index (χ2v) is 7.99. The summed E-state index contributed by atoms with van der Waals surface area (Å²) >= 11 is 0. The quantitative estimate of drug-likeness (QED) is 0.858. The van der Waals surface area contributed by atoms with Crippen molar-refractivity contribution in [2.45, 2.75) is 50.0 Å². The molecule has 6 heteroatoms. The van der Waals surface area contributed by atoms with Gasteiger partial charge in [-0.25, -0.2) is 8.42 Å². The van der Waals surface area contributed by atoms with Gasteiger partial charge in [-0.3, -0.25) is 4.79 Å². The summed E-state index contributed by atoms with van der Waals surface area (Å²) in [5.41, 5.74) is 0.785. The molecule has 0 N–H and O–H groups in total. The molecule has 0 saturated carbocycles. The lowest BCUT2D eigenvalue weighted by atomic mass is 10.1. The molecule has 22 heavy (non-hydrogen) atoms.